The van der Waals surface area contributed by atoms with Crippen molar-refractivity contribution in [3.8, 4) is 5.75 Å². The summed E-state index contributed by atoms with van der Waals surface area (Å²) in [5.74, 6) is 0.598. The molecule has 30 heavy (non-hydrogen) atoms. The standard InChI is InChI=1S/C24H22FN3O2/c1-16-11-12-17(2)22(13-16)30-15-23-26-20-9-5-6-10-21(20)28(23)14-24(29)27-19-8-4-3-7-18(19)25/h3-13H,14-15H2,1-2H3,(H,27,29). The van der Waals surface area contributed by atoms with Crippen molar-refractivity contribution in [1.82, 2.24) is 9.55 Å². The molecule has 3 aromatic carbocycles. The van der Waals surface area contributed by atoms with Crippen LogP contribution in [0.1, 0.15) is 17.0 Å². The first-order valence-electron chi connectivity index (χ1n) is 9.70. The number of nitrogens with one attached hydrogen (secondary N) is 1. The van der Waals surface area contributed by atoms with Crippen molar-refractivity contribution in [2.24, 2.45) is 0 Å². The van der Waals surface area contributed by atoms with Crippen molar-refractivity contribution < 1.29 is 13.9 Å². The van der Waals surface area contributed by atoms with E-state index in [-0.39, 0.29) is 24.7 Å². The zero-order valence-electron chi connectivity index (χ0n) is 16.9. The normalized spacial score (nSPS) is 10.9. The maximum Gasteiger partial charge on any atom is 0.244 e. The summed E-state index contributed by atoms with van der Waals surface area (Å²) in [7, 11) is 0. The number of hydrogen-bond donors (Lipinski definition) is 1. The van der Waals surface area contributed by atoms with Gasteiger partial charge in [-0.1, -0.05) is 36.4 Å². The number of nitrogens with zero attached hydrogens (tertiary/aromatic N) is 2. The van der Waals surface area contributed by atoms with Gasteiger partial charge in [0.05, 0.1) is 16.7 Å². The number of hydrogen-bond acceptors (Lipinski definition) is 3. The van der Waals surface area contributed by atoms with Crippen LogP contribution >= 0.6 is 0 Å². The van der Waals surface area contributed by atoms with Crippen LogP contribution in [0, 0.1) is 19.7 Å². The number of rotatable bonds is 6. The number of para-hydroxylation sites is 3. The van der Waals surface area contributed by atoms with E-state index in [0.717, 1.165) is 27.9 Å². The van der Waals surface area contributed by atoms with E-state index in [2.05, 4.69) is 10.3 Å². The smallest absolute Gasteiger partial charge is 0.244 e. The monoisotopic (exact) mass is 403 g/mol. The van der Waals surface area contributed by atoms with Crippen molar-refractivity contribution in [3.05, 3.63) is 89.5 Å². The van der Waals surface area contributed by atoms with Gasteiger partial charge in [-0.3, -0.25) is 4.79 Å². The van der Waals surface area contributed by atoms with Crippen molar-refractivity contribution in [1.29, 1.82) is 0 Å². The molecule has 0 atom stereocenters. The van der Waals surface area contributed by atoms with Crippen LogP contribution in [0.4, 0.5) is 10.1 Å². The Kier molecular flexibility index (Phi) is 5.48. The van der Waals surface area contributed by atoms with Crippen LogP contribution in [0.5, 0.6) is 5.75 Å². The molecular formula is C24H22FN3O2. The molecule has 6 heteroatoms. The number of fused-ring (bicyclic) bond motifs is 1. The molecule has 0 unspecified atom stereocenters. The fraction of sp³-hybridized carbons (Fsp3) is 0.167. The van der Waals surface area contributed by atoms with Gasteiger partial charge in [0.15, 0.2) is 0 Å². The second kappa shape index (κ2) is 8.37. The number of amides is 1. The SMILES string of the molecule is Cc1ccc(C)c(OCc2nc3ccccc3n2CC(=O)Nc2ccccc2F)c1. The van der Waals surface area contributed by atoms with Crippen molar-refractivity contribution >= 4 is 22.6 Å². The minimum absolute atomic E-state index is 0.000338. The molecular weight excluding hydrogens is 381 g/mol. The fourth-order valence-electron chi connectivity index (χ4n) is 3.31. The molecule has 1 aromatic heterocycles. The largest absolute Gasteiger partial charge is 0.485 e. The van der Waals surface area contributed by atoms with Gasteiger partial charge in [0, 0.05) is 0 Å². The lowest BCUT2D eigenvalue weighted by molar-refractivity contribution is -0.116. The number of aryl methyl sites for hydroxylation is 2. The Hall–Kier alpha value is -3.67. The van der Waals surface area contributed by atoms with E-state index < -0.39 is 5.82 Å². The Morgan fingerprint density at radius 1 is 1.07 bits per heavy atom. The number of carbonyl (C=O) groups excluding carboxylic acids is 1. The number of aromatic nitrogens is 2. The van der Waals surface area contributed by atoms with Crippen molar-refractivity contribution in [2.75, 3.05) is 5.32 Å². The average molecular weight is 403 g/mol. The fourth-order valence-corrected chi connectivity index (χ4v) is 3.31. The third-order valence-electron chi connectivity index (χ3n) is 4.88. The molecule has 0 saturated carbocycles. The lowest BCUT2D eigenvalue weighted by Crippen LogP contribution is -2.21. The Morgan fingerprint density at radius 3 is 2.67 bits per heavy atom. The Bertz CT molecular complexity index is 1220. The van der Waals surface area contributed by atoms with Gasteiger partial charge < -0.3 is 14.6 Å². The third kappa shape index (κ3) is 4.17. The van der Waals surface area contributed by atoms with Gasteiger partial charge >= 0.3 is 0 Å². The summed E-state index contributed by atoms with van der Waals surface area (Å²) < 4.78 is 21.7. The molecule has 1 N–H and O–H groups in total. The van der Waals surface area contributed by atoms with Crippen LogP contribution in [-0.4, -0.2) is 15.5 Å². The summed E-state index contributed by atoms with van der Waals surface area (Å²) >= 11 is 0. The summed E-state index contributed by atoms with van der Waals surface area (Å²) in [5.41, 5.74) is 3.88. The van der Waals surface area contributed by atoms with Gasteiger partial charge in [0.2, 0.25) is 5.91 Å². The Balaban J connectivity index is 1.59. The molecule has 1 amide bonds. The van der Waals surface area contributed by atoms with Crippen LogP contribution in [0.2, 0.25) is 0 Å². The van der Waals surface area contributed by atoms with Crippen molar-refractivity contribution in [2.45, 2.75) is 27.0 Å². The third-order valence-corrected chi connectivity index (χ3v) is 4.88. The molecule has 1 heterocycles. The molecule has 0 fully saturated rings. The maximum atomic E-state index is 13.9. The Labute approximate surface area is 174 Å². The van der Waals surface area contributed by atoms with E-state index in [9.17, 15) is 9.18 Å². The van der Waals surface area contributed by atoms with E-state index in [1.807, 2.05) is 56.3 Å². The van der Waals surface area contributed by atoms with Crippen LogP contribution < -0.4 is 10.1 Å². The van der Waals surface area contributed by atoms with Crippen molar-refractivity contribution in [3.63, 3.8) is 0 Å². The van der Waals surface area contributed by atoms with Gasteiger partial charge in [-0.15, -0.1) is 0 Å². The highest BCUT2D eigenvalue weighted by Gasteiger charge is 2.15. The van der Waals surface area contributed by atoms with E-state index >= 15 is 0 Å². The van der Waals surface area contributed by atoms with Crippen LogP contribution in [0.15, 0.2) is 66.7 Å². The number of anilines is 1. The molecule has 0 aliphatic heterocycles. The molecule has 5 nitrogen and oxygen atoms in total. The molecule has 4 aromatic rings. The molecule has 0 aliphatic carbocycles. The first-order chi connectivity index (χ1) is 14.5. The quantitative estimate of drug-likeness (QED) is 0.492. The molecule has 0 spiro atoms. The van der Waals surface area contributed by atoms with E-state index in [1.54, 1.807) is 16.7 Å². The van der Waals surface area contributed by atoms with Gasteiger partial charge in [-0.2, -0.15) is 0 Å². The first kappa shape index (κ1) is 19.6. The number of halogens is 1. The van der Waals surface area contributed by atoms with Gasteiger partial charge in [-0.25, -0.2) is 9.37 Å². The predicted molar refractivity (Wildman–Crippen MR) is 115 cm³/mol. The van der Waals surface area contributed by atoms with Crippen LogP contribution in [0.3, 0.4) is 0 Å². The summed E-state index contributed by atoms with van der Waals surface area (Å²) in [5, 5.41) is 2.63. The highest BCUT2D eigenvalue weighted by atomic mass is 19.1. The minimum Gasteiger partial charge on any atom is -0.485 e. The highest BCUT2D eigenvalue weighted by Crippen LogP contribution is 2.22. The minimum atomic E-state index is -0.472. The van der Waals surface area contributed by atoms with Gasteiger partial charge in [0.25, 0.3) is 0 Å². The molecule has 0 radical (unpaired) electrons. The van der Waals surface area contributed by atoms with Gasteiger partial charge in [0.1, 0.15) is 30.5 Å². The van der Waals surface area contributed by atoms with Crippen LogP contribution in [0.25, 0.3) is 11.0 Å². The average Bonchev–Trinajstić information content (AvgIpc) is 3.08. The number of carbonyl (C=O) groups is 1. The predicted octanol–water partition coefficient (Wildman–Crippen LogP) is 5.01. The molecule has 0 aliphatic rings. The first-order valence-corrected chi connectivity index (χ1v) is 9.70. The Morgan fingerprint density at radius 2 is 1.83 bits per heavy atom. The maximum absolute atomic E-state index is 13.9. The summed E-state index contributed by atoms with van der Waals surface area (Å²) in [6.07, 6.45) is 0. The topological polar surface area (TPSA) is 56.2 Å². The lowest BCUT2D eigenvalue weighted by atomic mass is 10.1. The zero-order chi connectivity index (χ0) is 21.1. The lowest BCUT2D eigenvalue weighted by Gasteiger charge is -2.13. The second-order valence-corrected chi connectivity index (χ2v) is 7.19. The van der Waals surface area contributed by atoms with E-state index in [0.29, 0.717) is 5.82 Å². The molecule has 0 saturated heterocycles. The molecule has 0 bridgehead atoms. The summed E-state index contributed by atoms with van der Waals surface area (Å²) in [6, 6.07) is 19.7. The molecule has 152 valence electrons. The second-order valence-electron chi connectivity index (χ2n) is 7.19. The number of benzene rings is 3. The van der Waals surface area contributed by atoms with Gasteiger partial charge in [-0.05, 0) is 55.3 Å². The van der Waals surface area contributed by atoms with E-state index in [1.165, 1.54) is 12.1 Å². The number of imidazole rings is 1. The van der Waals surface area contributed by atoms with Crippen LogP contribution in [-0.2, 0) is 17.9 Å². The summed E-state index contributed by atoms with van der Waals surface area (Å²) in [6.45, 7) is 4.21. The molecule has 4 rings (SSSR count). The zero-order valence-corrected chi connectivity index (χ0v) is 16.9. The van der Waals surface area contributed by atoms with E-state index in [4.69, 9.17) is 4.74 Å². The number of ether oxygens (including phenoxy) is 1. The summed E-state index contributed by atoms with van der Waals surface area (Å²) in [4.78, 5) is 17.3. The highest BCUT2D eigenvalue weighted by molar-refractivity contribution is 5.91.